The first-order valence-electron chi connectivity index (χ1n) is 8.06. The third-order valence-electron chi connectivity index (χ3n) is 3.79. The van der Waals surface area contributed by atoms with Crippen LogP contribution in [-0.4, -0.2) is 39.3 Å². The van der Waals surface area contributed by atoms with Gasteiger partial charge in [-0.25, -0.2) is 8.42 Å². The number of nitrogens with zero attached hydrogens (tertiary/aromatic N) is 1. The number of methoxy groups -OCH3 is 1. The highest BCUT2D eigenvalue weighted by atomic mass is 35.5. The Labute approximate surface area is 164 Å². The molecule has 0 aliphatic carbocycles. The minimum atomic E-state index is -3.74. The van der Waals surface area contributed by atoms with Crippen LogP contribution in [0.25, 0.3) is 6.08 Å². The molecule has 0 saturated carbocycles. The van der Waals surface area contributed by atoms with Crippen LogP contribution in [0.2, 0.25) is 5.02 Å². The van der Waals surface area contributed by atoms with E-state index in [-0.39, 0.29) is 6.54 Å². The van der Waals surface area contributed by atoms with E-state index in [4.69, 9.17) is 16.3 Å². The number of sulfonamides is 1. The van der Waals surface area contributed by atoms with Gasteiger partial charge in [-0.15, -0.1) is 0 Å². The predicted octanol–water partition coefficient (Wildman–Crippen LogP) is 3.53. The monoisotopic (exact) mass is 408 g/mol. The Hall–Kier alpha value is -2.35. The van der Waals surface area contributed by atoms with Crippen LogP contribution in [0.5, 0.6) is 5.75 Å². The highest BCUT2D eigenvalue weighted by Crippen LogP contribution is 2.30. The standard InChI is InChI=1S/C19H21ClN2O4S/c1-14-11-17(18(26-3)12-16(14)20)21-19(23)13-22(2)27(24,25)10-9-15-7-5-4-6-8-15/h4-12H,13H2,1-3H3,(H,21,23)/b10-9+. The molecule has 0 bridgehead atoms. The molecular weight excluding hydrogens is 388 g/mol. The number of ether oxygens (including phenoxy) is 1. The van der Waals surface area contributed by atoms with Crippen LogP contribution in [0.3, 0.4) is 0 Å². The van der Waals surface area contributed by atoms with Crippen LogP contribution in [0, 0.1) is 6.92 Å². The second kappa shape index (κ2) is 9.03. The second-order valence-corrected chi connectivity index (χ2v) is 8.20. The molecule has 0 radical (unpaired) electrons. The Balaban J connectivity index is 2.07. The number of halogens is 1. The molecule has 0 saturated heterocycles. The zero-order chi connectivity index (χ0) is 20.0. The summed E-state index contributed by atoms with van der Waals surface area (Å²) in [5.74, 6) is -0.0948. The van der Waals surface area contributed by atoms with Crippen LogP contribution >= 0.6 is 11.6 Å². The highest BCUT2D eigenvalue weighted by molar-refractivity contribution is 7.92. The van der Waals surface area contributed by atoms with Gasteiger partial charge in [0.2, 0.25) is 15.9 Å². The topological polar surface area (TPSA) is 75.7 Å². The van der Waals surface area contributed by atoms with Crippen LogP contribution in [0.4, 0.5) is 5.69 Å². The highest BCUT2D eigenvalue weighted by Gasteiger charge is 2.19. The molecule has 0 spiro atoms. The fourth-order valence-corrected chi connectivity index (χ4v) is 3.23. The molecule has 0 heterocycles. The number of benzene rings is 2. The van der Waals surface area contributed by atoms with Gasteiger partial charge in [-0.1, -0.05) is 41.9 Å². The van der Waals surface area contributed by atoms with E-state index in [9.17, 15) is 13.2 Å². The third kappa shape index (κ3) is 5.82. The molecule has 8 heteroatoms. The zero-order valence-electron chi connectivity index (χ0n) is 15.3. The average Bonchev–Trinajstić information content (AvgIpc) is 2.63. The van der Waals surface area contributed by atoms with Crippen LogP contribution in [0.15, 0.2) is 47.9 Å². The van der Waals surface area contributed by atoms with Crippen molar-refractivity contribution in [2.45, 2.75) is 6.92 Å². The lowest BCUT2D eigenvalue weighted by Gasteiger charge is -2.16. The lowest BCUT2D eigenvalue weighted by atomic mass is 10.2. The number of amides is 1. The van der Waals surface area contributed by atoms with Gasteiger partial charge >= 0.3 is 0 Å². The van der Waals surface area contributed by atoms with Gasteiger partial charge in [-0.3, -0.25) is 4.79 Å². The van der Waals surface area contributed by atoms with Crippen molar-refractivity contribution in [2.24, 2.45) is 0 Å². The van der Waals surface area contributed by atoms with E-state index in [2.05, 4.69) is 5.32 Å². The molecule has 144 valence electrons. The Morgan fingerprint density at radius 1 is 1.26 bits per heavy atom. The molecule has 1 amide bonds. The summed E-state index contributed by atoms with van der Waals surface area (Å²) >= 11 is 6.04. The molecule has 2 aromatic carbocycles. The van der Waals surface area contributed by atoms with Gasteiger partial charge < -0.3 is 10.1 Å². The molecular formula is C19H21ClN2O4S. The van der Waals surface area contributed by atoms with Gasteiger partial charge in [0.25, 0.3) is 0 Å². The van der Waals surface area contributed by atoms with Gasteiger partial charge in [-0.2, -0.15) is 4.31 Å². The molecule has 2 rings (SSSR count). The number of anilines is 1. The minimum Gasteiger partial charge on any atom is -0.495 e. The number of rotatable bonds is 7. The predicted molar refractivity (Wildman–Crippen MR) is 108 cm³/mol. The maximum atomic E-state index is 12.3. The first kappa shape index (κ1) is 21.0. The van der Waals surface area contributed by atoms with E-state index >= 15 is 0 Å². The Bertz CT molecular complexity index is 944. The van der Waals surface area contributed by atoms with Gasteiger partial charge in [0.1, 0.15) is 5.75 Å². The molecule has 2 aromatic rings. The van der Waals surface area contributed by atoms with E-state index in [1.807, 2.05) is 18.2 Å². The van der Waals surface area contributed by atoms with E-state index in [0.717, 1.165) is 20.8 Å². The smallest absolute Gasteiger partial charge is 0.239 e. The van der Waals surface area contributed by atoms with Gasteiger partial charge in [0.05, 0.1) is 19.3 Å². The summed E-state index contributed by atoms with van der Waals surface area (Å²) in [6, 6.07) is 12.3. The maximum Gasteiger partial charge on any atom is 0.239 e. The molecule has 27 heavy (non-hydrogen) atoms. The lowest BCUT2D eigenvalue weighted by Crippen LogP contribution is -2.33. The number of aryl methyl sites for hydroxylation is 1. The Morgan fingerprint density at radius 3 is 2.56 bits per heavy atom. The van der Waals surface area contributed by atoms with Crippen molar-refractivity contribution in [2.75, 3.05) is 26.0 Å². The van der Waals surface area contributed by atoms with Crippen LogP contribution in [-0.2, 0) is 14.8 Å². The molecule has 6 nitrogen and oxygen atoms in total. The minimum absolute atomic E-state index is 0.341. The SMILES string of the molecule is COc1cc(Cl)c(C)cc1NC(=O)CN(C)S(=O)(=O)/C=C/c1ccccc1. The number of hydrogen-bond acceptors (Lipinski definition) is 4. The lowest BCUT2D eigenvalue weighted by molar-refractivity contribution is -0.116. The van der Waals surface area contributed by atoms with Crippen molar-refractivity contribution in [1.29, 1.82) is 0 Å². The normalized spacial score (nSPS) is 11.7. The summed E-state index contributed by atoms with van der Waals surface area (Å²) in [7, 11) is -0.935. The molecule has 1 N–H and O–H groups in total. The van der Waals surface area contributed by atoms with Gasteiger partial charge in [0.15, 0.2) is 0 Å². The average molecular weight is 409 g/mol. The summed E-state index contributed by atoms with van der Waals surface area (Å²) in [5, 5.41) is 4.24. The molecule has 0 aromatic heterocycles. The molecule has 0 atom stereocenters. The number of nitrogens with one attached hydrogen (secondary N) is 1. The molecule has 0 unspecified atom stereocenters. The Kier molecular flexibility index (Phi) is 7.01. The maximum absolute atomic E-state index is 12.3. The van der Waals surface area contributed by atoms with Gasteiger partial charge in [-0.05, 0) is 30.2 Å². The van der Waals surface area contributed by atoms with Crippen molar-refractivity contribution >= 4 is 39.3 Å². The van der Waals surface area contributed by atoms with Crippen molar-refractivity contribution in [3.05, 3.63) is 64.0 Å². The van der Waals surface area contributed by atoms with E-state index in [1.165, 1.54) is 20.2 Å². The summed E-state index contributed by atoms with van der Waals surface area (Å²) < 4.78 is 30.8. The van der Waals surface area contributed by atoms with Crippen LogP contribution in [0.1, 0.15) is 11.1 Å². The van der Waals surface area contributed by atoms with Crippen LogP contribution < -0.4 is 10.1 Å². The fourth-order valence-electron chi connectivity index (χ4n) is 2.24. The third-order valence-corrected chi connectivity index (χ3v) is 5.67. The number of likely N-dealkylation sites (N-methyl/N-ethyl adjacent to an activating group) is 1. The fraction of sp³-hybridized carbons (Fsp3) is 0.211. The zero-order valence-corrected chi connectivity index (χ0v) is 16.8. The number of carbonyl (C=O) groups is 1. The van der Waals surface area contributed by atoms with E-state index < -0.39 is 15.9 Å². The quantitative estimate of drug-likeness (QED) is 0.760. The largest absolute Gasteiger partial charge is 0.495 e. The van der Waals surface area contributed by atoms with Crippen molar-refractivity contribution in [3.8, 4) is 5.75 Å². The number of hydrogen-bond donors (Lipinski definition) is 1. The summed E-state index contributed by atoms with van der Waals surface area (Å²) in [6.07, 6.45) is 1.48. The number of carbonyl (C=O) groups excluding carboxylic acids is 1. The molecule has 0 aliphatic rings. The van der Waals surface area contributed by atoms with Crippen molar-refractivity contribution in [3.63, 3.8) is 0 Å². The first-order valence-corrected chi connectivity index (χ1v) is 9.94. The summed E-state index contributed by atoms with van der Waals surface area (Å²) in [4.78, 5) is 12.3. The van der Waals surface area contributed by atoms with Gasteiger partial charge in [0, 0.05) is 23.5 Å². The van der Waals surface area contributed by atoms with E-state index in [0.29, 0.717) is 16.5 Å². The van der Waals surface area contributed by atoms with Crippen molar-refractivity contribution in [1.82, 2.24) is 4.31 Å². The van der Waals surface area contributed by atoms with Crippen molar-refractivity contribution < 1.29 is 17.9 Å². The Morgan fingerprint density at radius 2 is 1.93 bits per heavy atom. The first-order chi connectivity index (χ1) is 12.7. The molecule has 0 aliphatic heterocycles. The summed E-state index contributed by atoms with van der Waals surface area (Å²) in [5.41, 5.74) is 1.94. The van der Waals surface area contributed by atoms with E-state index in [1.54, 1.807) is 31.2 Å². The summed E-state index contributed by atoms with van der Waals surface area (Å²) in [6.45, 7) is 1.45. The second-order valence-electron chi connectivity index (χ2n) is 5.86. The molecule has 0 fully saturated rings.